The van der Waals surface area contributed by atoms with E-state index in [0.717, 1.165) is 36.5 Å². The van der Waals surface area contributed by atoms with E-state index in [2.05, 4.69) is 61.5 Å². The summed E-state index contributed by atoms with van der Waals surface area (Å²) in [5, 5.41) is 0. The van der Waals surface area contributed by atoms with Gasteiger partial charge in [-0.05, 0) is 116 Å². The summed E-state index contributed by atoms with van der Waals surface area (Å²) in [7, 11) is 0. The van der Waals surface area contributed by atoms with E-state index in [1.165, 1.54) is 50.5 Å². The van der Waals surface area contributed by atoms with Crippen LogP contribution in [0.3, 0.4) is 0 Å². The lowest BCUT2D eigenvalue weighted by atomic mass is 9.33. The van der Waals surface area contributed by atoms with Crippen molar-refractivity contribution in [2.75, 3.05) is 0 Å². The fraction of sp³-hybridized carbons (Fsp3) is 0.900. The first-order chi connectivity index (χ1) is 14.3. The molecule has 174 valence electrons. The van der Waals surface area contributed by atoms with Crippen LogP contribution in [0.2, 0.25) is 0 Å². The Morgan fingerprint density at radius 3 is 2.06 bits per heavy atom. The highest BCUT2D eigenvalue weighted by Crippen LogP contribution is 2.77. The molecule has 0 N–H and O–H groups in total. The zero-order valence-electron chi connectivity index (χ0n) is 21.7. The van der Waals surface area contributed by atoms with Crippen molar-refractivity contribution in [3.05, 3.63) is 11.6 Å². The van der Waals surface area contributed by atoms with E-state index in [-0.39, 0.29) is 5.41 Å². The van der Waals surface area contributed by atoms with E-state index < -0.39 is 0 Å². The molecule has 5 aliphatic carbocycles. The molecular formula is C30H48O. The Balaban J connectivity index is 1.55. The van der Waals surface area contributed by atoms with Crippen molar-refractivity contribution < 1.29 is 4.79 Å². The second-order valence-corrected chi connectivity index (χ2v) is 14.4. The number of carbonyl (C=O) groups is 1. The molecule has 31 heavy (non-hydrogen) atoms. The standard InChI is InChI=1S/C30H48O/c1-19(2)20-9-12-23-27(20,5)15-17-30(8)24-13-10-21-22(11-14-25(31)26(21,3)4)28(24,6)16-18-29(23,30)7/h10,19-20,22-24H,9,11-18H2,1-8H3/t20?,22-,23-,24+,27-,28+,29+,30-/m1/s1. The summed E-state index contributed by atoms with van der Waals surface area (Å²) in [5.41, 5.74) is 3.10. The lowest BCUT2D eigenvalue weighted by molar-refractivity contribution is -0.212. The third kappa shape index (κ3) is 2.53. The Morgan fingerprint density at radius 1 is 0.806 bits per heavy atom. The fourth-order valence-corrected chi connectivity index (χ4v) is 11.1. The van der Waals surface area contributed by atoms with Crippen molar-refractivity contribution in [2.24, 2.45) is 56.7 Å². The first-order valence-electron chi connectivity index (χ1n) is 13.6. The molecule has 5 aliphatic rings. The van der Waals surface area contributed by atoms with Crippen molar-refractivity contribution in [1.29, 1.82) is 0 Å². The normalized spacial score (nSPS) is 53.3. The van der Waals surface area contributed by atoms with Crippen LogP contribution in [0.25, 0.3) is 0 Å². The lowest BCUT2D eigenvalue weighted by Crippen LogP contribution is -2.64. The van der Waals surface area contributed by atoms with E-state index in [1.54, 1.807) is 0 Å². The highest BCUT2D eigenvalue weighted by molar-refractivity contribution is 5.88. The van der Waals surface area contributed by atoms with E-state index in [1.807, 2.05) is 0 Å². The topological polar surface area (TPSA) is 17.1 Å². The van der Waals surface area contributed by atoms with Crippen molar-refractivity contribution in [3.8, 4) is 0 Å². The van der Waals surface area contributed by atoms with Gasteiger partial charge in [-0.25, -0.2) is 0 Å². The van der Waals surface area contributed by atoms with Gasteiger partial charge in [0.25, 0.3) is 0 Å². The van der Waals surface area contributed by atoms with Crippen LogP contribution in [0.15, 0.2) is 11.6 Å². The van der Waals surface area contributed by atoms with E-state index >= 15 is 0 Å². The minimum Gasteiger partial charge on any atom is -0.299 e. The van der Waals surface area contributed by atoms with Crippen molar-refractivity contribution in [2.45, 2.75) is 113 Å². The molecule has 1 nitrogen and oxygen atoms in total. The average molecular weight is 425 g/mol. The first-order valence-corrected chi connectivity index (χ1v) is 13.6. The summed E-state index contributed by atoms with van der Waals surface area (Å²) in [6, 6.07) is 0. The minimum atomic E-state index is -0.236. The zero-order chi connectivity index (χ0) is 22.6. The maximum atomic E-state index is 12.8. The van der Waals surface area contributed by atoms with Crippen molar-refractivity contribution in [1.82, 2.24) is 0 Å². The molecule has 0 aromatic heterocycles. The molecule has 5 rings (SSSR count). The largest absolute Gasteiger partial charge is 0.299 e. The van der Waals surface area contributed by atoms with Gasteiger partial charge in [-0.3, -0.25) is 4.79 Å². The van der Waals surface area contributed by atoms with Gasteiger partial charge < -0.3 is 0 Å². The third-order valence-corrected chi connectivity index (χ3v) is 13.0. The van der Waals surface area contributed by atoms with Crippen LogP contribution >= 0.6 is 0 Å². The molecule has 0 radical (unpaired) electrons. The fourth-order valence-electron chi connectivity index (χ4n) is 11.1. The molecule has 0 heterocycles. The number of ketones is 1. The van der Waals surface area contributed by atoms with Crippen molar-refractivity contribution in [3.63, 3.8) is 0 Å². The van der Waals surface area contributed by atoms with Crippen LogP contribution in [-0.2, 0) is 4.79 Å². The van der Waals surface area contributed by atoms with Gasteiger partial charge in [0, 0.05) is 11.8 Å². The van der Waals surface area contributed by atoms with Crippen molar-refractivity contribution >= 4 is 5.78 Å². The van der Waals surface area contributed by atoms with Gasteiger partial charge in [-0.1, -0.05) is 53.2 Å². The van der Waals surface area contributed by atoms with Gasteiger partial charge in [0.05, 0.1) is 0 Å². The molecule has 0 amide bonds. The van der Waals surface area contributed by atoms with Gasteiger partial charge >= 0.3 is 0 Å². The SMILES string of the molecule is CC(C)C1CC[C@H]2[C@]3(C)CC[C@@]4(C)[C@@H]5CCC(=O)C(C)(C)C5=CC[C@@H]4[C@@]3(C)CC[C@]12C. The summed E-state index contributed by atoms with van der Waals surface area (Å²) < 4.78 is 0. The Bertz CT molecular complexity index is 818. The van der Waals surface area contributed by atoms with Gasteiger partial charge in [0.15, 0.2) is 0 Å². The second-order valence-electron chi connectivity index (χ2n) is 14.4. The van der Waals surface area contributed by atoms with Crippen LogP contribution in [-0.4, -0.2) is 5.78 Å². The molecule has 1 heteroatoms. The quantitative estimate of drug-likeness (QED) is 0.387. The number of rotatable bonds is 1. The minimum absolute atomic E-state index is 0.236. The third-order valence-electron chi connectivity index (χ3n) is 13.0. The smallest absolute Gasteiger partial charge is 0.142 e. The number of Topliss-reactive ketones (excluding diaryl/α,β-unsaturated/α-hetero) is 1. The Kier molecular flexibility index (Phi) is 4.66. The summed E-state index contributed by atoms with van der Waals surface area (Å²) in [6.07, 6.45) is 14.2. The molecule has 0 saturated heterocycles. The molecule has 1 unspecified atom stereocenters. The number of fused-ring (bicyclic) bond motifs is 7. The zero-order valence-corrected chi connectivity index (χ0v) is 21.7. The van der Waals surface area contributed by atoms with Gasteiger partial charge in [-0.2, -0.15) is 0 Å². The van der Waals surface area contributed by atoms with E-state index in [9.17, 15) is 4.79 Å². The molecule has 0 aromatic rings. The maximum absolute atomic E-state index is 12.8. The Morgan fingerprint density at radius 2 is 1.42 bits per heavy atom. The van der Waals surface area contributed by atoms with Crippen LogP contribution < -0.4 is 0 Å². The van der Waals surface area contributed by atoms with Gasteiger partial charge in [-0.15, -0.1) is 0 Å². The predicted molar refractivity (Wildman–Crippen MR) is 130 cm³/mol. The second kappa shape index (κ2) is 6.50. The summed E-state index contributed by atoms with van der Waals surface area (Å²) in [5.74, 6) is 4.50. The molecule has 0 spiro atoms. The molecule has 0 aliphatic heterocycles. The van der Waals surface area contributed by atoms with Gasteiger partial charge in [0.1, 0.15) is 5.78 Å². The Labute approximate surface area is 192 Å². The summed E-state index contributed by atoms with van der Waals surface area (Å²) in [4.78, 5) is 12.8. The molecule has 8 atom stereocenters. The number of allylic oxidation sites excluding steroid dienone is 2. The number of carbonyl (C=O) groups excluding carboxylic acids is 1. The van der Waals surface area contributed by atoms with E-state index in [4.69, 9.17) is 0 Å². The molecule has 4 fully saturated rings. The lowest BCUT2D eigenvalue weighted by Gasteiger charge is -2.71. The first kappa shape index (κ1) is 22.2. The van der Waals surface area contributed by atoms with Crippen LogP contribution in [0.4, 0.5) is 0 Å². The number of hydrogen-bond donors (Lipinski definition) is 0. The monoisotopic (exact) mass is 424 g/mol. The molecule has 0 aromatic carbocycles. The molecule has 4 saturated carbocycles. The highest BCUT2D eigenvalue weighted by Gasteiger charge is 2.70. The summed E-state index contributed by atoms with van der Waals surface area (Å²) >= 11 is 0. The van der Waals surface area contributed by atoms with Crippen LogP contribution in [0.1, 0.15) is 113 Å². The van der Waals surface area contributed by atoms with Crippen LogP contribution in [0, 0.1) is 56.7 Å². The number of hydrogen-bond acceptors (Lipinski definition) is 1. The summed E-state index contributed by atoms with van der Waals surface area (Å²) in [6.45, 7) is 20.1. The van der Waals surface area contributed by atoms with Gasteiger partial charge in [0.2, 0.25) is 0 Å². The predicted octanol–water partition coefficient (Wildman–Crippen LogP) is 8.23. The highest BCUT2D eigenvalue weighted by atomic mass is 16.1. The van der Waals surface area contributed by atoms with E-state index in [0.29, 0.717) is 33.4 Å². The molecule has 0 bridgehead atoms. The Hall–Kier alpha value is -0.590. The van der Waals surface area contributed by atoms with Crippen LogP contribution in [0.5, 0.6) is 0 Å². The maximum Gasteiger partial charge on any atom is 0.142 e. The molecular weight excluding hydrogens is 376 g/mol. The average Bonchev–Trinajstić information content (AvgIpc) is 3.05.